The molecule has 3 N–H and O–H groups in total. The number of halogens is 2. The van der Waals surface area contributed by atoms with E-state index in [1.165, 1.54) is 48.9 Å². The number of aromatic nitrogens is 1. The number of ether oxygens (including phenoxy) is 1. The van der Waals surface area contributed by atoms with Gasteiger partial charge in [-0.25, -0.2) is 8.78 Å². The van der Waals surface area contributed by atoms with Crippen LogP contribution in [0.25, 0.3) is 0 Å². The lowest BCUT2D eigenvalue weighted by Crippen LogP contribution is -2.37. The van der Waals surface area contributed by atoms with Gasteiger partial charge in [0, 0.05) is 59.4 Å². The average molecular weight is 668 g/mol. The Morgan fingerprint density at radius 1 is 1.08 bits per heavy atom. The van der Waals surface area contributed by atoms with Crippen molar-refractivity contribution in [3.63, 3.8) is 0 Å². The smallest absolute Gasteiger partial charge is 0.325 e. The predicted octanol–water partition coefficient (Wildman–Crippen LogP) is 8.37. The lowest BCUT2D eigenvalue weighted by atomic mass is 9.81. The molecule has 1 aliphatic heterocycles. The topological polar surface area (TPSA) is 101 Å². The third-order valence-corrected chi connectivity index (χ3v) is 9.72. The minimum absolute atomic E-state index is 0.174. The summed E-state index contributed by atoms with van der Waals surface area (Å²) < 4.78 is 33.7. The first-order chi connectivity index (χ1) is 22.9. The van der Waals surface area contributed by atoms with Gasteiger partial charge in [0.15, 0.2) is 5.78 Å². The molecule has 2 saturated carbocycles. The maximum absolute atomic E-state index is 14.1. The van der Waals surface area contributed by atoms with E-state index in [0.29, 0.717) is 30.2 Å². The van der Waals surface area contributed by atoms with Gasteiger partial charge in [0.05, 0.1) is 13.2 Å². The van der Waals surface area contributed by atoms with Crippen molar-refractivity contribution in [2.45, 2.75) is 117 Å². The van der Waals surface area contributed by atoms with E-state index in [2.05, 4.69) is 49.6 Å². The van der Waals surface area contributed by atoms with Gasteiger partial charge in [-0.2, -0.15) is 0 Å². The van der Waals surface area contributed by atoms with Crippen LogP contribution in [-0.2, 0) is 21.9 Å². The van der Waals surface area contributed by atoms with E-state index in [9.17, 15) is 23.5 Å². The monoisotopic (exact) mass is 667 g/mol. The molecule has 7 nitrogen and oxygen atoms in total. The molecule has 9 heteroatoms. The highest BCUT2D eigenvalue weighted by atomic mass is 19.3. The number of carbonyl (C=O) groups is 2. The van der Waals surface area contributed by atoms with Gasteiger partial charge in [0.1, 0.15) is 6.04 Å². The van der Waals surface area contributed by atoms with Crippen LogP contribution in [0, 0.1) is 18.8 Å². The number of hydrogen-bond donors (Lipinski definition) is 3. The van der Waals surface area contributed by atoms with Crippen molar-refractivity contribution in [1.29, 1.82) is 0 Å². The Hall–Kier alpha value is -3.17. The highest BCUT2D eigenvalue weighted by Gasteiger charge is 2.35. The number of ketones is 1. The van der Waals surface area contributed by atoms with Gasteiger partial charge in [-0.1, -0.05) is 33.3 Å². The number of Topliss-reactive ketones (excluding diaryl/α,β-unsaturated/α-hetero) is 1. The number of alkyl halides is 2. The van der Waals surface area contributed by atoms with Gasteiger partial charge in [-0.15, -0.1) is 0 Å². The molecule has 2 atom stereocenters. The van der Waals surface area contributed by atoms with Crippen LogP contribution in [0.5, 0.6) is 0 Å². The lowest BCUT2D eigenvalue weighted by Gasteiger charge is -2.36. The first-order valence-electron chi connectivity index (χ1n) is 17.9. The maximum atomic E-state index is 14.1. The molecular formula is C39H55F2N3O4. The summed E-state index contributed by atoms with van der Waals surface area (Å²) in [5.74, 6) is -2.48. The van der Waals surface area contributed by atoms with Gasteiger partial charge in [0.2, 0.25) is 0 Å². The van der Waals surface area contributed by atoms with Crippen molar-refractivity contribution in [1.82, 2.24) is 15.6 Å². The molecule has 2 aliphatic carbocycles. The number of aryl methyl sites for hydroxylation is 1. The number of nitrogens with zero attached hydrogens (tertiary/aromatic N) is 1. The van der Waals surface area contributed by atoms with Crippen LogP contribution in [-0.4, -0.2) is 48.1 Å². The second-order valence-corrected chi connectivity index (χ2v) is 13.9. The van der Waals surface area contributed by atoms with Gasteiger partial charge in [0.25, 0.3) is 5.92 Å². The minimum Gasteiger partial charge on any atom is -0.480 e. The quantitative estimate of drug-likeness (QED) is 0.155. The molecule has 3 fully saturated rings. The first kappa shape index (κ1) is 37.6. The zero-order valence-electron chi connectivity index (χ0n) is 29.6. The third kappa shape index (κ3) is 9.71. The summed E-state index contributed by atoms with van der Waals surface area (Å²) in [4.78, 5) is 28.4. The first-order valence-corrected chi connectivity index (χ1v) is 17.9. The average Bonchev–Trinajstić information content (AvgIpc) is 3.83. The molecule has 0 spiro atoms. The maximum Gasteiger partial charge on any atom is 0.325 e. The number of carbonyl (C=O) groups excluding carboxylic acids is 1. The predicted molar refractivity (Wildman–Crippen MR) is 186 cm³/mol. The van der Waals surface area contributed by atoms with E-state index in [-0.39, 0.29) is 34.5 Å². The normalized spacial score (nSPS) is 18.2. The second-order valence-electron chi connectivity index (χ2n) is 13.9. The Labute approximate surface area is 285 Å². The van der Waals surface area contributed by atoms with Gasteiger partial charge >= 0.3 is 5.97 Å². The fraction of sp³-hybridized carbons (Fsp3) is 0.615. The molecule has 2 unspecified atom stereocenters. The molecule has 48 heavy (non-hydrogen) atoms. The number of allylic oxidation sites excluding steroid dienone is 2. The largest absolute Gasteiger partial charge is 0.480 e. The van der Waals surface area contributed by atoms with E-state index in [4.69, 9.17) is 9.72 Å². The molecule has 0 bridgehead atoms. The summed E-state index contributed by atoms with van der Waals surface area (Å²) in [6.45, 7) is 13.7. The van der Waals surface area contributed by atoms with Gasteiger partial charge in [-0.05, 0) is 112 Å². The number of rotatable bonds is 16. The van der Waals surface area contributed by atoms with Crippen LogP contribution in [0.1, 0.15) is 141 Å². The Balaban J connectivity index is 0.000000217. The summed E-state index contributed by atoms with van der Waals surface area (Å²) in [5, 5.41) is 16.2. The van der Waals surface area contributed by atoms with Crippen molar-refractivity contribution in [3.8, 4) is 0 Å². The second kappa shape index (κ2) is 17.0. The fourth-order valence-electron chi connectivity index (χ4n) is 6.72. The summed E-state index contributed by atoms with van der Waals surface area (Å²) in [6.07, 6.45) is 10.7. The van der Waals surface area contributed by atoms with E-state index >= 15 is 0 Å². The van der Waals surface area contributed by atoms with Crippen LogP contribution in [0.4, 0.5) is 8.78 Å². The molecule has 2 heterocycles. The number of nitrogens with one attached hydrogen (secondary N) is 2. The standard InChI is InChI=1S/C20H30N2O.C19H25F2NO3/c1-4-6-18(21-9-5-2)20(17-12-23-13-17)16-10-14(3)22-19(11-16)15-7-8-15;1-4-14-15(11(2)23)8-13(9-16(14)19(3,20)21)17(18(24)25)22-10-12-6-5-7-12/h6,10-11,15,17,20-21H,4-5,7-9,12-13H2,1-3H3;8-9,12,17,22H,4-7,10H2,1-3H3,(H,24,25)/b18-6+;. The molecule has 1 saturated heterocycles. The summed E-state index contributed by atoms with van der Waals surface area (Å²) >= 11 is 0. The van der Waals surface area contributed by atoms with Crippen molar-refractivity contribution in [3.05, 3.63) is 75.2 Å². The Kier molecular flexibility index (Phi) is 13.3. The molecule has 0 amide bonds. The van der Waals surface area contributed by atoms with Crippen LogP contribution in [0.3, 0.4) is 0 Å². The molecule has 2 aromatic rings. The molecular weight excluding hydrogens is 612 g/mol. The number of hydrogen-bond acceptors (Lipinski definition) is 6. The zero-order valence-corrected chi connectivity index (χ0v) is 29.6. The van der Waals surface area contributed by atoms with Crippen molar-refractivity contribution >= 4 is 11.8 Å². The van der Waals surface area contributed by atoms with Gasteiger partial charge < -0.3 is 20.5 Å². The Morgan fingerprint density at radius 2 is 1.79 bits per heavy atom. The molecule has 0 radical (unpaired) electrons. The summed E-state index contributed by atoms with van der Waals surface area (Å²) in [7, 11) is 0. The number of pyridine rings is 1. The number of carboxylic acid groups (broad SMARTS) is 1. The third-order valence-electron chi connectivity index (χ3n) is 9.72. The van der Waals surface area contributed by atoms with Crippen molar-refractivity contribution < 1.29 is 28.2 Å². The number of benzene rings is 1. The highest BCUT2D eigenvalue weighted by molar-refractivity contribution is 5.96. The molecule has 1 aromatic heterocycles. The summed E-state index contributed by atoms with van der Waals surface area (Å²) in [5.41, 5.74) is 5.66. The van der Waals surface area contributed by atoms with Crippen LogP contribution >= 0.6 is 0 Å². The van der Waals surface area contributed by atoms with Crippen LogP contribution < -0.4 is 10.6 Å². The lowest BCUT2D eigenvalue weighted by molar-refractivity contribution is -0.139. The Bertz CT molecular complexity index is 1440. The number of aliphatic carboxylic acids is 1. The van der Waals surface area contributed by atoms with Crippen LogP contribution in [0.15, 0.2) is 36.0 Å². The minimum atomic E-state index is -3.15. The zero-order chi connectivity index (χ0) is 35.0. The number of carboxylic acids is 1. The molecule has 5 rings (SSSR count). The summed E-state index contributed by atoms with van der Waals surface area (Å²) in [6, 6.07) is 6.23. The van der Waals surface area contributed by atoms with E-state index in [1.54, 1.807) is 6.92 Å². The molecule has 264 valence electrons. The SMILES string of the molecule is CC/C=C(/NCCC)C(c1cc(C)nc(C2CC2)c1)C1COC1.CCc1c(C(C)=O)cc(C(NCC2CCC2)C(=O)O)cc1C(C)(F)F. The fourth-order valence-corrected chi connectivity index (χ4v) is 6.72. The van der Waals surface area contributed by atoms with E-state index in [0.717, 1.165) is 64.5 Å². The molecule has 3 aliphatic rings. The van der Waals surface area contributed by atoms with E-state index < -0.39 is 17.9 Å². The van der Waals surface area contributed by atoms with Crippen LogP contribution in [0.2, 0.25) is 0 Å². The van der Waals surface area contributed by atoms with Crippen molar-refractivity contribution in [2.24, 2.45) is 11.8 Å². The van der Waals surface area contributed by atoms with Crippen molar-refractivity contribution in [2.75, 3.05) is 26.3 Å². The highest BCUT2D eigenvalue weighted by Crippen LogP contribution is 2.42. The van der Waals surface area contributed by atoms with E-state index in [1.807, 2.05) is 0 Å². The van der Waals surface area contributed by atoms with Gasteiger partial charge in [-0.3, -0.25) is 14.6 Å². The molecule has 1 aromatic carbocycles. The Morgan fingerprint density at radius 3 is 2.27 bits per heavy atom.